The fourth-order valence-electron chi connectivity index (χ4n) is 1.58. The van der Waals surface area contributed by atoms with Crippen LogP contribution in [0.5, 0.6) is 5.75 Å². The molecular formula is C14H9Cl2FO3. The predicted octanol–water partition coefficient (Wildman–Crippen LogP) is 4.41. The van der Waals surface area contributed by atoms with E-state index < -0.39 is 17.3 Å². The van der Waals surface area contributed by atoms with Gasteiger partial charge in [0.15, 0.2) is 0 Å². The van der Waals surface area contributed by atoms with Crippen molar-refractivity contribution in [2.24, 2.45) is 0 Å². The fraction of sp³-hybridized carbons (Fsp3) is 0.0714. The highest BCUT2D eigenvalue weighted by Crippen LogP contribution is 2.27. The number of benzene rings is 2. The molecule has 3 nitrogen and oxygen atoms in total. The number of carboxylic acids is 1. The van der Waals surface area contributed by atoms with Gasteiger partial charge in [0.25, 0.3) is 0 Å². The van der Waals surface area contributed by atoms with E-state index in [0.29, 0.717) is 15.6 Å². The summed E-state index contributed by atoms with van der Waals surface area (Å²) >= 11 is 11.9. The highest BCUT2D eigenvalue weighted by atomic mass is 35.5. The quantitative estimate of drug-likeness (QED) is 0.909. The topological polar surface area (TPSA) is 46.5 Å². The third kappa shape index (κ3) is 3.21. The Balaban J connectivity index is 2.13. The Morgan fingerprint density at radius 3 is 2.65 bits per heavy atom. The van der Waals surface area contributed by atoms with Crippen molar-refractivity contribution in [1.82, 2.24) is 0 Å². The minimum absolute atomic E-state index is 0.102. The number of aromatic carboxylic acids is 1. The summed E-state index contributed by atoms with van der Waals surface area (Å²) in [7, 11) is 0. The van der Waals surface area contributed by atoms with Crippen molar-refractivity contribution in [2.45, 2.75) is 6.61 Å². The summed E-state index contributed by atoms with van der Waals surface area (Å²) in [4.78, 5) is 10.7. The van der Waals surface area contributed by atoms with Gasteiger partial charge in [-0.2, -0.15) is 0 Å². The van der Waals surface area contributed by atoms with E-state index in [0.717, 1.165) is 12.1 Å². The zero-order chi connectivity index (χ0) is 14.7. The number of carbonyl (C=O) groups is 1. The summed E-state index contributed by atoms with van der Waals surface area (Å²) in [6.45, 7) is 0.102. The number of rotatable bonds is 4. The van der Waals surface area contributed by atoms with E-state index in [1.165, 1.54) is 6.07 Å². The lowest BCUT2D eigenvalue weighted by molar-refractivity contribution is 0.0692. The van der Waals surface area contributed by atoms with Gasteiger partial charge in [-0.25, -0.2) is 9.18 Å². The molecule has 0 atom stereocenters. The van der Waals surface area contributed by atoms with Crippen LogP contribution in [-0.2, 0) is 6.61 Å². The van der Waals surface area contributed by atoms with Gasteiger partial charge < -0.3 is 9.84 Å². The zero-order valence-corrected chi connectivity index (χ0v) is 11.6. The highest BCUT2D eigenvalue weighted by molar-refractivity contribution is 6.42. The molecule has 0 aliphatic carbocycles. The highest BCUT2D eigenvalue weighted by Gasteiger charge is 2.11. The van der Waals surface area contributed by atoms with Crippen molar-refractivity contribution in [3.8, 4) is 5.75 Å². The zero-order valence-electron chi connectivity index (χ0n) is 10.1. The standard InChI is InChI=1S/C14H9Cl2FO3/c15-11-3-1-2-8(13(11)16)7-20-9-4-5-10(14(18)19)12(17)6-9/h1-6H,7H2,(H,18,19). The Kier molecular flexibility index (Phi) is 4.47. The van der Waals surface area contributed by atoms with E-state index >= 15 is 0 Å². The second-order valence-corrected chi connectivity index (χ2v) is 4.73. The predicted molar refractivity (Wildman–Crippen MR) is 74.2 cm³/mol. The van der Waals surface area contributed by atoms with Crippen molar-refractivity contribution in [3.05, 3.63) is 63.4 Å². The average Bonchev–Trinajstić information content (AvgIpc) is 2.40. The second-order valence-electron chi connectivity index (χ2n) is 3.95. The summed E-state index contributed by atoms with van der Waals surface area (Å²) in [5, 5.41) is 9.49. The molecule has 1 N–H and O–H groups in total. The molecule has 20 heavy (non-hydrogen) atoms. The van der Waals surface area contributed by atoms with Crippen molar-refractivity contribution < 1.29 is 19.0 Å². The smallest absolute Gasteiger partial charge is 0.338 e. The van der Waals surface area contributed by atoms with Crippen molar-refractivity contribution >= 4 is 29.2 Å². The Labute approximate surface area is 124 Å². The van der Waals surface area contributed by atoms with E-state index in [4.69, 9.17) is 33.0 Å². The molecule has 0 unspecified atom stereocenters. The first-order chi connectivity index (χ1) is 9.49. The molecule has 0 aliphatic heterocycles. The summed E-state index contributed by atoms with van der Waals surface area (Å²) in [6.07, 6.45) is 0. The Morgan fingerprint density at radius 1 is 1.25 bits per heavy atom. The van der Waals surface area contributed by atoms with Crippen molar-refractivity contribution in [1.29, 1.82) is 0 Å². The number of halogens is 3. The largest absolute Gasteiger partial charge is 0.489 e. The molecular weight excluding hydrogens is 306 g/mol. The Morgan fingerprint density at radius 2 is 2.00 bits per heavy atom. The molecule has 104 valence electrons. The van der Waals surface area contributed by atoms with E-state index in [9.17, 15) is 9.18 Å². The van der Waals surface area contributed by atoms with Crippen LogP contribution in [0.15, 0.2) is 36.4 Å². The minimum Gasteiger partial charge on any atom is -0.489 e. The Bertz CT molecular complexity index is 659. The van der Waals surface area contributed by atoms with Gasteiger partial charge in [-0.3, -0.25) is 0 Å². The SMILES string of the molecule is O=C(O)c1ccc(OCc2cccc(Cl)c2Cl)cc1F. The van der Waals surface area contributed by atoms with E-state index in [1.54, 1.807) is 18.2 Å². The van der Waals surface area contributed by atoms with Crippen LogP contribution < -0.4 is 4.74 Å². The van der Waals surface area contributed by atoms with Crippen LogP contribution in [-0.4, -0.2) is 11.1 Å². The number of carboxylic acid groups (broad SMARTS) is 1. The van der Waals surface area contributed by atoms with Crippen LogP contribution in [0.25, 0.3) is 0 Å². The lowest BCUT2D eigenvalue weighted by Gasteiger charge is -2.09. The van der Waals surface area contributed by atoms with E-state index in [-0.39, 0.29) is 12.4 Å². The number of ether oxygens (including phenoxy) is 1. The molecule has 0 radical (unpaired) electrons. The maximum atomic E-state index is 13.5. The van der Waals surface area contributed by atoms with E-state index in [2.05, 4.69) is 0 Å². The first-order valence-corrected chi connectivity index (χ1v) is 6.33. The maximum absolute atomic E-state index is 13.5. The molecule has 2 rings (SSSR count). The van der Waals surface area contributed by atoms with Crippen LogP contribution in [0.3, 0.4) is 0 Å². The third-order valence-corrected chi connectivity index (χ3v) is 3.45. The van der Waals surface area contributed by atoms with Gasteiger partial charge >= 0.3 is 5.97 Å². The number of hydrogen-bond donors (Lipinski definition) is 1. The van der Waals surface area contributed by atoms with Gasteiger partial charge in [0.2, 0.25) is 0 Å². The summed E-state index contributed by atoms with van der Waals surface area (Å²) in [6, 6.07) is 8.64. The molecule has 0 aromatic heterocycles. The van der Waals surface area contributed by atoms with Gasteiger partial charge in [0.05, 0.1) is 15.6 Å². The van der Waals surface area contributed by atoms with Crippen LogP contribution in [0.1, 0.15) is 15.9 Å². The fourth-order valence-corrected chi connectivity index (χ4v) is 1.95. The van der Waals surface area contributed by atoms with Crippen LogP contribution in [0.4, 0.5) is 4.39 Å². The molecule has 2 aromatic carbocycles. The van der Waals surface area contributed by atoms with Gasteiger partial charge in [-0.15, -0.1) is 0 Å². The van der Waals surface area contributed by atoms with Crippen LogP contribution in [0, 0.1) is 5.82 Å². The summed E-state index contributed by atoms with van der Waals surface area (Å²) < 4.78 is 18.8. The lowest BCUT2D eigenvalue weighted by Crippen LogP contribution is -2.02. The molecule has 6 heteroatoms. The monoisotopic (exact) mass is 314 g/mol. The molecule has 0 amide bonds. The van der Waals surface area contributed by atoms with Gasteiger partial charge in [0.1, 0.15) is 18.2 Å². The molecule has 2 aromatic rings. The van der Waals surface area contributed by atoms with E-state index in [1.807, 2.05) is 0 Å². The molecule has 0 bridgehead atoms. The lowest BCUT2D eigenvalue weighted by atomic mass is 10.2. The Hall–Kier alpha value is -1.78. The maximum Gasteiger partial charge on any atom is 0.338 e. The van der Waals surface area contributed by atoms with Crippen molar-refractivity contribution in [3.63, 3.8) is 0 Å². The normalized spacial score (nSPS) is 10.3. The van der Waals surface area contributed by atoms with Gasteiger partial charge in [0, 0.05) is 11.6 Å². The molecule has 0 saturated carbocycles. The molecule has 0 saturated heterocycles. The molecule has 0 heterocycles. The summed E-state index contributed by atoms with van der Waals surface area (Å²) in [5.74, 6) is -1.97. The third-order valence-electron chi connectivity index (χ3n) is 2.60. The van der Waals surface area contributed by atoms with Crippen molar-refractivity contribution in [2.75, 3.05) is 0 Å². The van der Waals surface area contributed by atoms with Crippen LogP contribution >= 0.6 is 23.2 Å². The first kappa shape index (κ1) is 14.6. The first-order valence-electron chi connectivity index (χ1n) is 5.57. The molecule has 0 fully saturated rings. The van der Waals surface area contributed by atoms with Crippen LogP contribution in [0.2, 0.25) is 10.0 Å². The summed E-state index contributed by atoms with van der Waals surface area (Å²) in [5.41, 5.74) is 0.250. The minimum atomic E-state index is -1.33. The molecule has 0 aliphatic rings. The van der Waals surface area contributed by atoms with Gasteiger partial charge in [-0.1, -0.05) is 35.3 Å². The average molecular weight is 315 g/mol. The second kappa shape index (κ2) is 6.11. The van der Waals surface area contributed by atoms with Gasteiger partial charge in [-0.05, 0) is 18.2 Å². The molecule has 0 spiro atoms. The number of hydrogen-bond acceptors (Lipinski definition) is 2.